The fourth-order valence-corrected chi connectivity index (χ4v) is 3.93. The second-order valence-electron chi connectivity index (χ2n) is 7.76. The van der Waals surface area contributed by atoms with Crippen LogP contribution >= 0.6 is 0 Å². The fraction of sp³-hybridized carbons (Fsp3) is 0.417. The number of nitrogens with one attached hydrogen (secondary N) is 1. The predicted octanol–water partition coefficient (Wildman–Crippen LogP) is 5.72. The van der Waals surface area contributed by atoms with Crippen LogP contribution in [0.5, 0.6) is 5.75 Å². The van der Waals surface area contributed by atoms with Crippen molar-refractivity contribution in [1.29, 1.82) is 5.26 Å². The molecule has 0 aromatic heterocycles. The lowest BCUT2D eigenvalue weighted by Gasteiger charge is -2.36. The highest BCUT2D eigenvalue weighted by Crippen LogP contribution is 2.41. The quantitative estimate of drug-likeness (QED) is 0.682. The molecule has 0 aliphatic heterocycles. The summed E-state index contributed by atoms with van der Waals surface area (Å²) in [4.78, 5) is 13.4. The minimum absolute atomic E-state index is 0.0472. The molecule has 0 spiro atoms. The Morgan fingerprint density at radius 2 is 1.90 bits per heavy atom. The first kappa shape index (κ1) is 20.9. The Morgan fingerprint density at radius 3 is 2.52 bits per heavy atom. The van der Waals surface area contributed by atoms with Crippen molar-refractivity contribution in [1.82, 2.24) is 0 Å². The van der Waals surface area contributed by atoms with Gasteiger partial charge in [0.15, 0.2) is 0 Å². The van der Waals surface area contributed by atoms with E-state index in [0.717, 1.165) is 31.2 Å². The van der Waals surface area contributed by atoms with Crippen molar-refractivity contribution in [3.8, 4) is 11.8 Å². The number of hydrogen-bond acceptors (Lipinski definition) is 3. The summed E-state index contributed by atoms with van der Waals surface area (Å²) in [6.07, 6.45) is 5.30. The summed E-state index contributed by atoms with van der Waals surface area (Å²) in [7, 11) is 0. The summed E-state index contributed by atoms with van der Waals surface area (Å²) in [6, 6.07) is 13.5. The Bertz CT molecular complexity index is 896. The molecule has 5 heteroatoms. The van der Waals surface area contributed by atoms with Crippen molar-refractivity contribution in [2.75, 3.05) is 5.32 Å². The third-order valence-corrected chi connectivity index (χ3v) is 5.81. The number of carbonyl (C=O) groups is 1. The molecule has 2 aromatic rings. The van der Waals surface area contributed by atoms with Gasteiger partial charge in [-0.1, -0.05) is 38.3 Å². The van der Waals surface area contributed by atoms with Crippen LogP contribution in [0.25, 0.3) is 0 Å². The highest BCUT2D eigenvalue weighted by molar-refractivity contribution is 6.00. The minimum Gasteiger partial charge on any atom is -0.491 e. The molecule has 0 saturated heterocycles. The molecule has 1 atom stereocenters. The Kier molecular flexibility index (Phi) is 6.53. The zero-order chi connectivity index (χ0) is 20.9. The normalized spacial score (nSPS) is 16.5. The van der Waals surface area contributed by atoms with Gasteiger partial charge in [0.1, 0.15) is 17.6 Å². The molecule has 1 fully saturated rings. The van der Waals surface area contributed by atoms with E-state index in [9.17, 15) is 14.4 Å². The summed E-state index contributed by atoms with van der Waals surface area (Å²) in [5.41, 5.74) is 0.960. The van der Waals surface area contributed by atoms with E-state index in [2.05, 4.69) is 11.4 Å². The lowest BCUT2D eigenvalue weighted by atomic mass is 9.68. The topological polar surface area (TPSA) is 62.1 Å². The van der Waals surface area contributed by atoms with E-state index >= 15 is 0 Å². The zero-order valence-corrected chi connectivity index (χ0v) is 17.0. The molecule has 3 rings (SSSR count). The number of amides is 1. The standard InChI is InChI=1S/C24H27FN2O2/c1-3-17(2)29-21-11-12-22(18(15-21)16-26)27-23(28)24(13-5-4-6-14-24)19-7-9-20(25)10-8-19/h7-12,15,17H,3-6,13-14H2,1-2H3,(H,27,28). The van der Waals surface area contributed by atoms with E-state index in [1.165, 1.54) is 12.1 Å². The number of hydrogen-bond donors (Lipinski definition) is 1. The second kappa shape index (κ2) is 9.09. The number of rotatable bonds is 6. The SMILES string of the molecule is CCC(C)Oc1ccc(NC(=O)C2(c3ccc(F)cc3)CCCCC2)c(C#N)c1. The first-order valence-corrected chi connectivity index (χ1v) is 10.3. The molecule has 0 heterocycles. The zero-order valence-electron chi connectivity index (χ0n) is 17.0. The molecule has 1 aliphatic carbocycles. The number of nitriles is 1. The van der Waals surface area contributed by atoms with E-state index in [1.54, 1.807) is 30.3 Å². The van der Waals surface area contributed by atoms with Crippen LogP contribution in [0.15, 0.2) is 42.5 Å². The molecule has 0 radical (unpaired) electrons. The minimum atomic E-state index is -0.704. The maximum Gasteiger partial charge on any atom is 0.235 e. The van der Waals surface area contributed by atoms with Gasteiger partial charge >= 0.3 is 0 Å². The maximum atomic E-state index is 13.4. The molecule has 1 N–H and O–H groups in total. The summed E-state index contributed by atoms with van der Waals surface area (Å²) in [5, 5.41) is 12.5. The summed E-state index contributed by atoms with van der Waals surface area (Å²) < 4.78 is 19.2. The molecular weight excluding hydrogens is 367 g/mol. The first-order chi connectivity index (χ1) is 14.0. The van der Waals surface area contributed by atoms with Crippen molar-refractivity contribution < 1.29 is 13.9 Å². The second-order valence-corrected chi connectivity index (χ2v) is 7.76. The summed E-state index contributed by atoms with van der Waals surface area (Å²) >= 11 is 0. The van der Waals surface area contributed by atoms with Crippen LogP contribution in [0.4, 0.5) is 10.1 Å². The van der Waals surface area contributed by atoms with E-state index in [4.69, 9.17) is 4.74 Å². The van der Waals surface area contributed by atoms with Crippen LogP contribution in [0, 0.1) is 17.1 Å². The average molecular weight is 394 g/mol. The van der Waals surface area contributed by atoms with Crippen LogP contribution in [0.1, 0.15) is 63.5 Å². The number of halogens is 1. The molecule has 2 aromatic carbocycles. The third-order valence-electron chi connectivity index (χ3n) is 5.81. The van der Waals surface area contributed by atoms with Gasteiger partial charge in [0.05, 0.1) is 22.8 Å². The lowest BCUT2D eigenvalue weighted by Crippen LogP contribution is -2.42. The predicted molar refractivity (Wildman–Crippen MR) is 111 cm³/mol. The molecule has 0 bridgehead atoms. The van der Waals surface area contributed by atoms with E-state index < -0.39 is 5.41 Å². The van der Waals surface area contributed by atoms with E-state index in [1.807, 2.05) is 13.8 Å². The van der Waals surface area contributed by atoms with Gasteiger partial charge in [0, 0.05) is 6.07 Å². The van der Waals surface area contributed by atoms with Gasteiger partial charge in [-0.3, -0.25) is 4.79 Å². The lowest BCUT2D eigenvalue weighted by molar-refractivity contribution is -0.122. The van der Waals surface area contributed by atoms with Gasteiger partial charge in [-0.05, 0) is 56.0 Å². The van der Waals surface area contributed by atoms with Gasteiger partial charge in [-0.15, -0.1) is 0 Å². The monoisotopic (exact) mass is 394 g/mol. The molecule has 4 nitrogen and oxygen atoms in total. The molecule has 29 heavy (non-hydrogen) atoms. The number of nitrogens with zero attached hydrogens (tertiary/aromatic N) is 1. The number of carbonyl (C=O) groups excluding carboxylic acids is 1. The van der Waals surface area contributed by atoms with Gasteiger partial charge in [0.25, 0.3) is 0 Å². The number of benzene rings is 2. The third kappa shape index (κ3) is 4.59. The van der Waals surface area contributed by atoms with Crippen LogP contribution in [0.3, 0.4) is 0 Å². The Labute approximate surface area is 171 Å². The number of anilines is 1. The molecule has 1 aliphatic rings. The Balaban J connectivity index is 1.88. The molecule has 152 valence electrons. The Morgan fingerprint density at radius 1 is 1.21 bits per heavy atom. The van der Waals surface area contributed by atoms with Crippen molar-refractivity contribution in [3.05, 3.63) is 59.4 Å². The summed E-state index contributed by atoms with van der Waals surface area (Å²) in [5.74, 6) is 0.152. The van der Waals surface area contributed by atoms with Crippen LogP contribution < -0.4 is 10.1 Å². The highest BCUT2D eigenvalue weighted by Gasteiger charge is 2.41. The van der Waals surface area contributed by atoms with Gasteiger partial charge in [0.2, 0.25) is 5.91 Å². The van der Waals surface area contributed by atoms with Crippen molar-refractivity contribution >= 4 is 11.6 Å². The van der Waals surface area contributed by atoms with Crippen LogP contribution in [0.2, 0.25) is 0 Å². The van der Waals surface area contributed by atoms with Crippen LogP contribution in [-0.4, -0.2) is 12.0 Å². The smallest absolute Gasteiger partial charge is 0.235 e. The van der Waals surface area contributed by atoms with Crippen molar-refractivity contribution in [2.45, 2.75) is 63.9 Å². The van der Waals surface area contributed by atoms with E-state index in [-0.39, 0.29) is 17.8 Å². The van der Waals surface area contributed by atoms with Gasteiger partial charge < -0.3 is 10.1 Å². The maximum absolute atomic E-state index is 13.4. The highest BCUT2D eigenvalue weighted by atomic mass is 19.1. The largest absolute Gasteiger partial charge is 0.491 e. The first-order valence-electron chi connectivity index (χ1n) is 10.3. The van der Waals surface area contributed by atoms with Gasteiger partial charge in [-0.2, -0.15) is 5.26 Å². The summed E-state index contributed by atoms with van der Waals surface area (Å²) in [6.45, 7) is 4.00. The average Bonchev–Trinajstić information content (AvgIpc) is 2.75. The molecular formula is C24H27FN2O2. The van der Waals surface area contributed by atoms with Crippen LogP contribution in [-0.2, 0) is 10.2 Å². The fourth-order valence-electron chi connectivity index (χ4n) is 3.93. The van der Waals surface area contributed by atoms with E-state index in [0.29, 0.717) is 29.8 Å². The molecule has 1 saturated carbocycles. The molecule has 1 unspecified atom stereocenters. The number of ether oxygens (including phenoxy) is 1. The Hall–Kier alpha value is -2.87. The molecule has 1 amide bonds. The van der Waals surface area contributed by atoms with Crippen molar-refractivity contribution in [3.63, 3.8) is 0 Å². The van der Waals surface area contributed by atoms with Crippen molar-refractivity contribution in [2.24, 2.45) is 0 Å². The van der Waals surface area contributed by atoms with Gasteiger partial charge in [-0.25, -0.2) is 4.39 Å².